The molecule has 4 aliphatic rings. The molecule has 4 aliphatic heterocycles. The smallest absolute Gasteiger partial charge is 0.253 e. The Morgan fingerprint density at radius 1 is 0.762 bits per heavy atom. The molecule has 0 spiro atoms. The molecule has 1 saturated heterocycles. The van der Waals surface area contributed by atoms with Gasteiger partial charge in [0, 0.05) is 86.2 Å². The van der Waals surface area contributed by atoms with Gasteiger partial charge in [0.15, 0.2) is 0 Å². The second kappa shape index (κ2) is 28.5. The van der Waals surface area contributed by atoms with E-state index in [4.69, 9.17) is 0 Å². The zero-order valence-corrected chi connectivity index (χ0v) is 47.9. The fraction of sp³-hybridized carbons (Fsp3) is 0.566. The van der Waals surface area contributed by atoms with Crippen LogP contribution in [0.25, 0.3) is 10.9 Å². The lowest BCUT2D eigenvalue weighted by Gasteiger charge is -2.31. The number of anilines is 1. The number of amides is 13. The Bertz CT molecular complexity index is 2930. The van der Waals surface area contributed by atoms with Gasteiger partial charge in [-0.25, -0.2) is 0 Å². The molecule has 1 aromatic carbocycles. The van der Waals surface area contributed by atoms with Gasteiger partial charge in [0.05, 0.1) is 29.4 Å². The Kier molecular flexibility index (Phi) is 22.1. The molecule has 12 atom stereocenters. The molecule has 30 nitrogen and oxygen atoms in total. The fourth-order valence-corrected chi connectivity index (χ4v) is 10.6. The summed E-state index contributed by atoms with van der Waals surface area (Å²) in [5, 5.41) is 68.7. The zero-order valence-electron chi connectivity index (χ0n) is 47.1. The molecule has 31 heteroatoms. The first-order chi connectivity index (χ1) is 39.5. The van der Waals surface area contributed by atoms with Gasteiger partial charge in [-0.05, 0) is 78.1 Å². The Morgan fingerprint density at radius 2 is 1.39 bits per heavy atom. The number of rotatable bonds is 17. The SMILES string of the molecule is CC(NC(=O)CCCN1C(=O)C=CC1=O)C(=O)NC(C)C(=O)NCCCC(=O)Nc1ccc2[nH]c3c(c2c1)C[C@@H]1NC(=O)[C@H](C)NC(=O)[C@@H]2C[C@@H](O)CN2C(=O)[C@@H](CS3)NC(=O)[C@@H](C(C)O)NC(=O)[C@H](C)NC(=O)[C@H](C[C@@](C)(O)CO)NC1=O. The molecule has 15 N–H and O–H groups in total. The fourth-order valence-electron chi connectivity index (χ4n) is 9.54. The molecule has 0 aliphatic carbocycles. The van der Waals surface area contributed by atoms with Gasteiger partial charge in [-0.1, -0.05) is 0 Å². The van der Waals surface area contributed by atoms with Crippen molar-refractivity contribution in [2.45, 2.75) is 164 Å². The number of aromatic nitrogens is 1. The maximum atomic E-state index is 14.7. The summed E-state index contributed by atoms with van der Waals surface area (Å²) >= 11 is 0.953. The molecular formula is C53H73N13O17S. The first-order valence-corrected chi connectivity index (χ1v) is 28.3. The number of hydrogen-bond acceptors (Lipinski definition) is 18. The molecule has 13 amide bonds. The number of thioether (sulfide) groups is 1. The van der Waals surface area contributed by atoms with Crippen molar-refractivity contribution >= 4 is 105 Å². The average Bonchev–Trinajstić information content (AvgIpc) is 2.60. The van der Waals surface area contributed by atoms with Crippen molar-refractivity contribution < 1.29 is 82.8 Å². The number of aromatic amines is 1. The van der Waals surface area contributed by atoms with Crippen molar-refractivity contribution in [1.82, 2.24) is 62.6 Å². The molecule has 1 fully saturated rings. The van der Waals surface area contributed by atoms with Gasteiger partial charge >= 0.3 is 0 Å². The van der Waals surface area contributed by atoms with E-state index in [1.165, 1.54) is 41.5 Å². The lowest BCUT2D eigenvalue weighted by molar-refractivity contribution is -0.142. The lowest BCUT2D eigenvalue weighted by Crippen LogP contribution is -2.61. The quantitative estimate of drug-likeness (QED) is 0.0520. The summed E-state index contributed by atoms with van der Waals surface area (Å²) < 4.78 is 0. The van der Waals surface area contributed by atoms with E-state index < -0.39 is 168 Å². The Morgan fingerprint density at radius 3 is 2.06 bits per heavy atom. The second-order valence-electron chi connectivity index (χ2n) is 21.6. The number of nitrogens with zero attached hydrogens (tertiary/aromatic N) is 2. The van der Waals surface area contributed by atoms with Gasteiger partial charge < -0.3 is 83.5 Å². The van der Waals surface area contributed by atoms with E-state index >= 15 is 0 Å². The highest BCUT2D eigenvalue weighted by Crippen LogP contribution is 2.34. The minimum absolute atomic E-state index is 0.00565. The summed E-state index contributed by atoms with van der Waals surface area (Å²) in [7, 11) is 0. The second-order valence-corrected chi connectivity index (χ2v) is 22.6. The lowest BCUT2D eigenvalue weighted by atomic mass is 9.96. The number of carbonyl (C=O) groups excluding carboxylic acids is 13. The van der Waals surface area contributed by atoms with Crippen LogP contribution in [-0.4, -0.2) is 216 Å². The molecule has 1 aromatic heterocycles. The predicted molar refractivity (Wildman–Crippen MR) is 297 cm³/mol. The number of H-pyrrole nitrogens is 1. The number of imide groups is 1. The van der Waals surface area contributed by atoms with Crippen LogP contribution >= 0.6 is 11.8 Å². The summed E-state index contributed by atoms with van der Waals surface area (Å²) in [5.74, 6) is -10.3. The van der Waals surface area contributed by atoms with Crippen molar-refractivity contribution in [3.63, 3.8) is 0 Å². The highest BCUT2D eigenvalue weighted by Gasteiger charge is 2.44. The maximum Gasteiger partial charge on any atom is 0.253 e. The van der Waals surface area contributed by atoms with Crippen LogP contribution in [0.15, 0.2) is 35.4 Å². The highest BCUT2D eigenvalue weighted by molar-refractivity contribution is 7.99. The Labute approximate surface area is 485 Å². The minimum atomic E-state index is -2.01. The van der Waals surface area contributed by atoms with Crippen molar-refractivity contribution in [2.24, 2.45) is 0 Å². The first kappa shape index (κ1) is 65.2. The third kappa shape index (κ3) is 17.1. The van der Waals surface area contributed by atoms with E-state index in [1.807, 2.05) is 0 Å². The summed E-state index contributed by atoms with van der Waals surface area (Å²) in [6, 6.07) is -8.25. The van der Waals surface area contributed by atoms with Gasteiger partial charge in [0.2, 0.25) is 65.0 Å². The molecule has 2 bridgehead atoms. The number of nitrogens with one attached hydrogen (secondary N) is 11. The topological polar surface area (TPSA) is 445 Å². The molecule has 458 valence electrons. The summed E-state index contributed by atoms with van der Waals surface area (Å²) in [6.07, 6.45) is -1.75. The van der Waals surface area contributed by atoms with Crippen LogP contribution in [0.4, 0.5) is 5.69 Å². The van der Waals surface area contributed by atoms with Crippen LogP contribution in [0.2, 0.25) is 0 Å². The standard InChI is InChI=1S/C53H73N13O17S/c1-24(56-44(75)25(2)55-38(70)10-8-16-65-40(72)13-14-41(65)73)43(74)54-15-7-9-39(71)59-29-11-12-33-31(17-29)32-19-34-47(78)61-35(20-53(6,83)23-67)48(79)57-27(4)46(77)64-42(28(5)68)50(81)62-36(22-84-51(32)63-33)52(82)66-21-30(69)18-37(66)49(80)58-26(3)45(76)60-34/h11-14,17,24-28,30,34-37,42,63,67-69,83H,7-10,15-16,18-23H2,1-6H3,(H,54,74)(H,55,70)(H,56,75)(H,57,79)(H,58,80)(H,59,71)(H,60,76)(H,61,78)(H,62,81)(H,64,77)/t24?,25?,26-,27-,28?,30+,34-,35-,36+,37-,42+,53+/m0/s1. The van der Waals surface area contributed by atoms with Gasteiger partial charge in [0.25, 0.3) is 11.8 Å². The van der Waals surface area contributed by atoms with Gasteiger partial charge in [-0.15, -0.1) is 11.8 Å². The van der Waals surface area contributed by atoms with Crippen LogP contribution in [0, 0.1) is 0 Å². The molecule has 2 aromatic rings. The van der Waals surface area contributed by atoms with E-state index in [9.17, 15) is 82.8 Å². The van der Waals surface area contributed by atoms with Crippen LogP contribution < -0.4 is 53.2 Å². The van der Waals surface area contributed by atoms with Crippen molar-refractivity contribution in [3.05, 3.63) is 35.9 Å². The number of hydrogen-bond donors (Lipinski definition) is 15. The van der Waals surface area contributed by atoms with Gasteiger partial charge in [-0.2, -0.15) is 0 Å². The molecule has 0 saturated carbocycles. The normalized spacial score (nSPS) is 25.5. The van der Waals surface area contributed by atoms with Gasteiger partial charge in [-0.3, -0.25) is 67.2 Å². The van der Waals surface area contributed by atoms with E-state index in [0.717, 1.165) is 33.7 Å². The van der Waals surface area contributed by atoms with Crippen molar-refractivity contribution in [1.29, 1.82) is 0 Å². The summed E-state index contributed by atoms with van der Waals surface area (Å²) in [6.45, 7) is 6.50. The Balaban J connectivity index is 1.24. The van der Waals surface area contributed by atoms with E-state index in [-0.39, 0.29) is 68.2 Å². The molecule has 0 radical (unpaired) electrons. The van der Waals surface area contributed by atoms with Crippen LogP contribution in [0.1, 0.15) is 85.6 Å². The molecule has 3 unspecified atom stereocenters. The van der Waals surface area contributed by atoms with Crippen molar-refractivity contribution in [2.75, 3.05) is 37.3 Å². The van der Waals surface area contributed by atoms with E-state index in [0.29, 0.717) is 16.5 Å². The molecule has 6 rings (SSSR count). The average molecular weight is 1200 g/mol. The Hall–Kier alpha value is -8.00. The number of aliphatic hydroxyl groups is 4. The third-order valence-electron chi connectivity index (χ3n) is 14.3. The predicted octanol–water partition coefficient (Wildman–Crippen LogP) is -5.20. The first-order valence-electron chi connectivity index (χ1n) is 27.4. The molecule has 5 heterocycles. The minimum Gasteiger partial charge on any atom is -0.393 e. The maximum absolute atomic E-state index is 14.7. The van der Waals surface area contributed by atoms with Crippen LogP contribution in [0.5, 0.6) is 0 Å². The number of benzene rings is 1. The highest BCUT2D eigenvalue weighted by atomic mass is 32.2. The summed E-state index contributed by atoms with van der Waals surface area (Å²) in [4.78, 5) is 179. The number of fused-ring (bicyclic) bond motifs is 5. The van der Waals surface area contributed by atoms with Gasteiger partial charge in [0.1, 0.15) is 54.4 Å². The molecular weight excluding hydrogens is 1120 g/mol. The van der Waals surface area contributed by atoms with Crippen LogP contribution in [0.3, 0.4) is 0 Å². The van der Waals surface area contributed by atoms with Crippen molar-refractivity contribution in [3.8, 4) is 0 Å². The summed E-state index contributed by atoms with van der Waals surface area (Å²) in [5.41, 5.74) is -1.07. The van der Waals surface area contributed by atoms with E-state index in [1.54, 1.807) is 18.2 Å². The van der Waals surface area contributed by atoms with E-state index in [2.05, 4.69) is 58.2 Å². The monoisotopic (exact) mass is 1200 g/mol. The third-order valence-corrected chi connectivity index (χ3v) is 15.5. The number of aliphatic hydroxyl groups excluding tert-OH is 3. The number of carbonyl (C=O) groups is 13. The zero-order chi connectivity index (χ0) is 61.9. The largest absolute Gasteiger partial charge is 0.393 e. The van der Waals surface area contributed by atoms with Crippen LogP contribution in [-0.2, 0) is 68.7 Å². The molecule has 84 heavy (non-hydrogen) atoms.